The average Bonchev–Trinajstić information content (AvgIpc) is 2.63. The lowest BCUT2D eigenvalue weighted by atomic mass is 10.2. The normalized spacial score (nSPS) is 10.4. The van der Waals surface area contributed by atoms with Crippen molar-refractivity contribution in [1.82, 2.24) is 0 Å². The van der Waals surface area contributed by atoms with Crippen molar-refractivity contribution in [2.24, 2.45) is 0 Å². The summed E-state index contributed by atoms with van der Waals surface area (Å²) in [5, 5.41) is 0. The molecule has 0 radical (unpaired) electrons. The summed E-state index contributed by atoms with van der Waals surface area (Å²) in [5.74, 6) is 0.745. The summed E-state index contributed by atoms with van der Waals surface area (Å²) < 4.78 is 6.77. The predicted octanol–water partition coefficient (Wildman–Crippen LogP) is 3.98. The first-order valence-corrected chi connectivity index (χ1v) is 6.49. The largest absolute Gasteiger partial charge is 0.486 e. The maximum Gasteiger partial charge on any atom is 0.142 e. The molecule has 0 amide bonds. The van der Waals surface area contributed by atoms with Crippen LogP contribution >= 0.6 is 27.3 Å². The van der Waals surface area contributed by atoms with Crippen LogP contribution in [0.2, 0.25) is 0 Å². The van der Waals surface area contributed by atoms with Gasteiger partial charge in [0, 0.05) is 4.88 Å². The number of nitrogen functional groups attached to an aromatic ring is 1. The molecule has 0 atom stereocenters. The Morgan fingerprint density at radius 2 is 2.12 bits per heavy atom. The number of halogens is 1. The van der Waals surface area contributed by atoms with E-state index in [2.05, 4.69) is 15.9 Å². The van der Waals surface area contributed by atoms with E-state index in [0.29, 0.717) is 12.3 Å². The molecule has 1 heterocycles. The summed E-state index contributed by atoms with van der Waals surface area (Å²) in [6.45, 7) is 2.57. The third-order valence-corrected chi connectivity index (χ3v) is 3.76. The second kappa shape index (κ2) is 4.89. The van der Waals surface area contributed by atoms with E-state index < -0.39 is 0 Å². The highest BCUT2D eigenvalue weighted by atomic mass is 79.9. The Morgan fingerprint density at radius 3 is 2.75 bits per heavy atom. The molecule has 0 saturated heterocycles. The smallest absolute Gasteiger partial charge is 0.142 e. The zero-order chi connectivity index (χ0) is 11.5. The number of hydrogen-bond donors (Lipinski definition) is 1. The third-order valence-electron chi connectivity index (χ3n) is 2.16. The molecule has 2 N–H and O–H groups in total. The molecular formula is C12H12BrNOS. The van der Waals surface area contributed by atoms with Crippen LogP contribution in [0.4, 0.5) is 5.69 Å². The van der Waals surface area contributed by atoms with Gasteiger partial charge in [0.15, 0.2) is 0 Å². The van der Waals surface area contributed by atoms with Gasteiger partial charge in [-0.15, -0.1) is 11.3 Å². The van der Waals surface area contributed by atoms with Gasteiger partial charge in [0.05, 0.1) is 9.47 Å². The minimum absolute atomic E-state index is 0.559. The Kier molecular flexibility index (Phi) is 3.51. The molecule has 84 valence electrons. The Bertz CT molecular complexity index is 496. The molecule has 2 aromatic rings. The number of aryl methyl sites for hydroxylation is 1. The third kappa shape index (κ3) is 2.77. The molecule has 1 aromatic carbocycles. The highest BCUT2D eigenvalue weighted by Gasteiger charge is 2.02. The topological polar surface area (TPSA) is 35.2 Å². The molecule has 0 aliphatic rings. The van der Waals surface area contributed by atoms with Crippen molar-refractivity contribution < 1.29 is 4.74 Å². The first-order chi connectivity index (χ1) is 7.65. The van der Waals surface area contributed by atoms with Crippen molar-refractivity contribution in [2.75, 3.05) is 5.73 Å². The van der Waals surface area contributed by atoms with Gasteiger partial charge in [0.2, 0.25) is 0 Å². The van der Waals surface area contributed by atoms with Gasteiger partial charge in [-0.2, -0.15) is 0 Å². The van der Waals surface area contributed by atoms with Crippen LogP contribution in [0.15, 0.2) is 34.1 Å². The van der Waals surface area contributed by atoms with E-state index in [0.717, 1.165) is 15.1 Å². The summed E-state index contributed by atoms with van der Waals surface area (Å²) in [4.78, 5) is 1.17. The van der Waals surface area contributed by atoms with Gasteiger partial charge in [-0.3, -0.25) is 0 Å². The molecule has 1 aromatic heterocycles. The summed E-state index contributed by atoms with van der Waals surface area (Å²) in [7, 11) is 0. The lowest BCUT2D eigenvalue weighted by Crippen LogP contribution is -1.97. The zero-order valence-electron chi connectivity index (χ0n) is 8.87. The van der Waals surface area contributed by atoms with Crippen LogP contribution in [-0.2, 0) is 6.61 Å². The molecule has 0 aliphatic heterocycles. The number of rotatable bonds is 3. The number of benzene rings is 1. The van der Waals surface area contributed by atoms with Crippen LogP contribution < -0.4 is 10.5 Å². The molecule has 16 heavy (non-hydrogen) atoms. The minimum Gasteiger partial charge on any atom is -0.486 e. The number of hydrogen-bond acceptors (Lipinski definition) is 3. The molecule has 0 unspecified atom stereocenters. The van der Waals surface area contributed by atoms with Crippen LogP contribution in [0.25, 0.3) is 0 Å². The summed E-state index contributed by atoms with van der Waals surface area (Å²) in [6, 6.07) is 9.88. The first-order valence-electron chi connectivity index (χ1n) is 4.88. The average molecular weight is 298 g/mol. The van der Waals surface area contributed by atoms with Gasteiger partial charge in [0.25, 0.3) is 0 Å². The van der Waals surface area contributed by atoms with Gasteiger partial charge >= 0.3 is 0 Å². The monoisotopic (exact) mass is 297 g/mol. The van der Waals surface area contributed by atoms with E-state index in [4.69, 9.17) is 10.5 Å². The number of ether oxygens (including phenoxy) is 1. The molecule has 0 fully saturated rings. The standard InChI is InChI=1S/C12H12BrNOS/c1-8-2-4-11(10(14)6-8)15-7-9-3-5-12(13)16-9/h2-6H,7,14H2,1H3. The fourth-order valence-electron chi connectivity index (χ4n) is 1.38. The molecule has 0 aliphatic carbocycles. The number of anilines is 1. The lowest BCUT2D eigenvalue weighted by molar-refractivity contribution is 0.311. The Morgan fingerprint density at radius 1 is 1.31 bits per heavy atom. The zero-order valence-corrected chi connectivity index (χ0v) is 11.3. The van der Waals surface area contributed by atoms with E-state index in [9.17, 15) is 0 Å². The molecule has 4 heteroatoms. The van der Waals surface area contributed by atoms with E-state index in [1.54, 1.807) is 11.3 Å². The Labute approximate surface area is 107 Å². The molecule has 0 saturated carbocycles. The molecular weight excluding hydrogens is 286 g/mol. The fraction of sp³-hybridized carbons (Fsp3) is 0.167. The van der Waals surface area contributed by atoms with Gasteiger partial charge in [0.1, 0.15) is 12.4 Å². The summed E-state index contributed by atoms with van der Waals surface area (Å²) in [6.07, 6.45) is 0. The maximum atomic E-state index is 5.86. The number of thiophene rings is 1. The minimum atomic E-state index is 0.559. The lowest BCUT2D eigenvalue weighted by Gasteiger charge is -2.08. The highest BCUT2D eigenvalue weighted by molar-refractivity contribution is 9.11. The van der Waals surface area contributed by atoms with Crippen molar-refractivity contribution in [3.05, 3.63) is 44.6 Å². The van der Waals surface area contributed by atoms with Crippen molar-refractivity contribution >= 4 is 33.0 Å². The second-order valence-electron chi connectivity index (χ2n) is 3.54. The van der Waals surface area contributed by atoms with Crippen LogP contribution in [0.5, 0.6) is 5.75 Å². The maximum absolute atomic E-state index is 5.86. The van der Waals surface area contributed by atoms with Crippen molar-refractivity contribution in [3.63, 3.8) is 0 Å². The second-order valence-corrected chi connectivity index (χ2v) is 6.08. The summed E-state index contributed by atoms with van der Waals surface area (Å²) in [5.41, 5.74) is 7.69. The number of nitrogens with two attached hydrogens (primary N) is 1. The molecule has 0 spiro atoms. The van der Waals surface area contributed by atoms with Crippen molar-refractivity contribution in [2.45, 2.75) is 13.5 Å². The van der Waals surface area contributed by atoms with Crippen molar-refractivity contribution in [1.29, 1.82) is 0 Å². The Hall–Kier alpha value is -1.000. The van der Waals surface area contributed by atoms with Crippen LogP contribution in [0, 0.1) is 6.92 Å². The van der Waals surface area contributed by atoms with Crippen LogP contribution in [0.3, 0.4) is 0 Å². The van der Waals surface area contributed by atoms with Gasteiger partial charge in [-0.05, 0) is 52.7 Å². The molecule has 0 bridgehead atoms. The SMILES string of the molecule is Cc1ccc(OCc2ccc(Br)s2)c(N)c1. The molecule has 2 nitrogen and oxygen atoms in total. The van der Waals surface area contributed by atoms with E-state index >= 15 is 0 Å². The van der Waals surface area contributed by atoms with Crippen molar-refractivity contribution in [3.8, 4) is 5.75 Å². The van der Waals surface area contributed by atoms with E-state index in [1.165, 1.54) is 4.88 Å². The van der Waals surface area contributed by atoms with Crippen LogP contribution in [0.1, 0.15) is 10.4 Å². The highest BCUT2D eigenvalue weighted by Crippen LogP contribution is 2.26. The van der Waals surface area contributed by atoms with Gasteiger partial charge in [-0.1, -0.05) is 6.07 Å². The molecule has 2 rings (SSSR count). The van der Waals surface area contributed by atoms with E-state index in [-0.39, 0.29) is 0 Å². The fourth-order valence-corrected chi connectivity index (χ4v) is 2.77. The van der Waals surface area contributed by atoms with Gasteiger partial charge in [-0.25, -0.2) is 0 Å². The quantitative estimate of drug-likeness (QED) is 0.870. The predicted molar refractivity (Wildman–Crippen MR) is 71.9 cm³/mol. The van der Waals surface area contributed by atoms with Gasteiger partial charge < -0.3 is 10.5 Å². The van der Waals surface area contributed by atoms with Crippen LogP contribution in [-0.4, -0.2) is 0 Å². The first kappa shape index (κ1) is 11.5. The summed E-state index contributed by atoms with van der Waals surface area (Å²) >= 11 is 5.09. The Balaban J connectivity index is 2.04. The van der Waals surface area contributed by atoms with E-state index in [1.807, 2.05) is 37.3 Å².